The van der Waals surface area contributed by atoms with Crippen molar-refractivity contribution in [3.63, 3.8) is 0 Å². The van der Waals surface area contributed by atoms with E-state index in [4.69, 9.17) is 5.10 Å². The standard InChI is InChI=1S/C21H25FN4O2/c1-2-24-10-3-11-26-19(21(24)28)14-18(23-26)15-8-12-25(13-9-15)20(27)16-4-6-17(22)7-5-16/h4-7,14-15H,2-3,8-13H2,1H3. The van der Waals surface area contributed by atoms with Crippen LogP contribution >= 0.6 is 0 Å². The number of hydrogen-bond donors (Lipinski definition) is 0. The van der Waals surface area contributed by atoms with Crippen LogP contribution in [0, 0.1) is 5.82 Å². The maximum atomic E-state index is 13.1. The van der Waals surface area contributed by atoms with E-state index in [9.17, 15) is 14.0 Å². The number of nitrogens with zero attached hydrogens (tertiary/aromatic N) is 4. The van der Waals surface area contributed by atoms with Gasteiger partial charge in [-0.25, -0.2) is 4.39 Å². The molecule has 4 rings (SSSR count). The maximum Gasteiger partial charge on any atom is 0.272 e. The Morgan fingerprint density at radius 3 is 2.54 bits per heavy atom. The van der Waals surface area contributed by atoms with Gasteiger partial charge in [-0.2, -0.15) is 5.10 Å². The van der Waals surface area contributed by atoms with Gasteiger partial charge < -0.3 is 9.80 Å². The Hall–Kier alpha value is -2.70. The van der Waals surface area contributed by atoms with Crippen LogP contribution in [-0.2, 0) is 6.54 Å². The van der Waals surface area contributed by atoms with Crippen LogP contribution in [0.3, 0.4) is 0 Å². The quantitative estimate of drug-likeness (QED) is 0.818. The lowest BCUT2D eigenvalue weighted by Crippen LogP contribution is -2.38. The van der Waals surface area contributed by atoms with Crippen molar-refractivity contribution in [3.05, 3.63) is 53.1 Å². The average molecular weight is 384 g/mol. The van der Waals surface area contributed by atoms with Gasteiger partial charge in [-0.1, -0.05) is 0 Å². The third kappa shape index (κ3) is 3.53. The summed E-state index contributed by atoms with van der Waals surface area (Å²) in [5, 5.41) is 4.72. The van der Waals surface area contributed by atoms with Crippen molar-refractivity contribution in [2.75, 3.05) is 26.2 Å². The average Bonchev–Trinajstić information content (AvgIpc) is 3.09. The van der Waals surface area contributed by atoms with E-state index in [2.05, 4.69) is 0 Å². The number of hydrogen-bond acceptors (Lipinski definition) is 3. The van der Waals surface area contributed by atoms with Crippen LogP contribution in [0.5, 0.6) is 0 Å². The molecule has 2 amide bonds. The van der Waals surface area contributed by atoms with E-state index in [1.54, 1.807) is 0 Å². The van der Waals surface area contributed by atoms with Crippen molar-refractivity contribution in [3.8, 4) is 0 Å². The number of carbonyl (C=O) groups is 2. The van der Waals surface area contributed by atoms with Crippen LogP contribution in [0.15, 0.2) is 30.3 Å². The van der Waals surface area contributed by atoms with Crippen molar-refractivity contribution in [2.45, 2.75) is 38.6 Å². The first-order chi connectivity index (χ1) is 13.6. The Morgan fingerprint density at radius 2 is 1.86 bits per heavy atom. The molecule has 0 radical (unpaired) electrons. The second-order valence-electron chi connectivity index (χ2n) is 7.49. The number of halogens is 1. The minimum Gasteiger partial charge on any atom is -0.339 e. The molecule has 0 aliphatic carbocycles. The van der Waals surface area contributed by atoms with E-state index in [1.807, 2.05) is 27.5 Å². The zero-order valence-corrected chi connectivity index (χ0v) is 16.1. The summed E-state index contributed by atoms with van der Waals surface area (Å²) in [4.78, 5) is 29.0. The minimum atomic E-state index is -0.342. The fourth-order valence-corrected chi connectivity index (χ4v) is 4.11. The summed E-state index contributed by atoms with van der Waals surface area (Å²) < 4.78 is 14.9. The third-order valence-electron chi connectivity index (χ3n) is 5.78. The van der Waals surface area contributed by atoms with Gasteiger partial charge in [0.1, 0.15) is 11.5 Å². The summed E-state index contributed by atoms with van der Waals surface area (Å²) >= 11 is 0. The first-order valence-corrected chi connectivity index (χ1v) is 9.98. The molecule has 1 saturated heterocycles. The number of benzene rings is 1. The third-order valence-corrected chi connectivity index (χ3v) is 5.78. The van der Waals surface area contributed by atoms with Gasteiger partial charge in [0.05, 0.1) is 5.69 Å². The predicted octanol–water partition coefficient (Wildman–Crippen LogP) is 2.91. The summed E-state index contributed by atoms with van der Waals surface area (Å²) in [6.07, 6.45) is 2.54. The van der Waals surface area contributed by atoms with E-state index >= 15 is 0 Å². The summed E-state index contributed by atoms with van der Waals surface area (Å²) in [6, 6.07) is 7.63. The number of aromatic nitrogens is 2. The molecule has 7 heteroatoms. The highest BCUT2D eigenvalue weighted by molar-refractivity contribution is 5.94. The Labute approximate surface area is 163 Å². The van der Waals surface area contributed by atoms with Crippen molar-refractivity contribution < 1.29 is 14.0 Å². The van der Waals surface area contributed by atoms with Crippen LogP contribution in [0.2, 0.25) is 0 Å². The van der Waals surface area contributed by atoms with E-state index in [0.717, 1.165) is 38.0 Å². The van der Waals surface area contributed by atoms with Crippen molar-refractivity contribution in [1.82, 2.24) is 19.6 Å². The highest BCUT2D eigenvalue weighted by Crippen LogP contribution is 2.29. The molecule has 2 aliphatic heterocycles. The molecule has 3 heterocycles. The molecule has 0 spiro atoms. The highest BCUT2D eigenvalue weighted by atomic mass is 19.1. The van der Waals surface area contributed by atoms with E-state index in [-0.39, 0.29) is 23.5 Å². The van der Waals surface area contributed by atoms with Crippen LogP contribution in [0.1, 0.15) is 58.6 Å². The molecule has 1 fully saturated rings. The summed E-state index contributed by atoms with van der Waals surface area (Å²) in [6.45, 7) is 5.52. The molecule has 6 nitrogen and oxygen atoms in total. The Kier molecular flexibility index (Phi) is 5.15. The zero-order chi connectivity index (χ0) is 19.7. The topological polar surface area (TPSA) is 58.4 Å². The van der Waals surface area contributed by atoms with E-state index in [0.29, 0.717) is 30.9 Å². The van der Waals surface area contributed by atoms with Crippen molar-refractivity contribution >= 4 is 11.8 Å². The predicted molar refractivity (Wildman–Crippen MR) is 103 cm³/mol. The SMILES string of the molecule is CCN1CCCn2nc(C3CCN(C(=O)c4ccc(F)cc4)CC3)cc2C1=O. The molecular formula is C21H25FN4O2. The Bertz CT molecular complexity index is 869. The lowest BCUT2D eigenvalue weighted by molar-refractivity contribution is 0.0711. The minimum absolute atomic E-state index is 0.0580. The van der Waals surface area contributed by atoms with Crippen LogP contribution in [0.4, 0.5) is 4.39 Å². The second-order valence-corrected chi connectivity index (χ2v) is 7.49. The summed E-state index contributed by atoms with van der Waals surface area (Å²) in [5.41, 5.74) is 2.15. The molecule has 1 aromatic carbocycles. The van der Waals surface area contributed by atoms with Gasteiger partial charge in [0, 0.05) is 44.2 Å². The number of amides is 2. The molecule has 148 valence electrons. The van der Waals surface area contributed by atoms with Gasteiger partial charge in [-0.05, 0) is 56.5 Å². The molecule has 2 aromatic rings. The van der Waals surface area contributed by atoms with Gasteiger partial charge in [-0.3, -0.25) is 14.3 Å². The number of piperidine rings is 1. The second kappa shape index (κ2) is 7.73. The largest absolute Gasteiger partial charge is 0.339 e. The molecule has 1 aromatic heterocycles. The van der Waals surface area contributed by atoms with Crippen LogP contribution in [-0.4, -0.2) is 57.6 Å². The molecule has 2 aliphatic rings. The normalized spacial score (nSPS) is 18.1. The van der Waals surface area contributed by atoms with Gasteiger partial charge in [-0.15, -0.1) is 0 Å². The molecule has 0 unspecified atom stereocenters. The highest BCUT2D eigenvalue weighted by Gasteiger charge is 2.29. The molecule has 0 saturated carbocycles. The first kappa shape index (κ1) is 18.7. The van der Waals surface area contributed by atoms with Gasteiger partial charge in [0.25, 0.3) is 11.8 Å². The monoisotopic (exact) mass is 384 g/mol. The van der Waals surface area contributed by atoms with E-state index in [1.165, 1.54) is 24.3 Å². The van der Waals surface area contributed by atoms with Crippen LogP contribution in [0.25, 0.3) is 0 Å². The molecule has 0 bridgehead atoms. The Balaban J connectivity index is 1.43. The van der Waals surface area contributed by atoms with Crippen molar-refractivity contribution in [2.24, 2.45) is 0 Å². The summed E-state index contributed by atoms with van der Waals surface area (Å²) in [5.74, 6) is -0.0962. The lowest BCUT2D eigenvalue weighted by atomic mass is 9.93. The van der Waals surface area contributed by atoms with Crippen molar-refractivity contribution in [1.29, 1.82) is 0 Å². The number of aryl methyl sites for hydroxylation is 1. The van der Waals surface area contributed by atoms with Gasteiger partial charge >= 0.3 is 0 Å². The van der Waals surface area contributed by atoms with Gasteiger partial charge in [0.2, 0.25) is 0 Å². The molecular weight excluding hydrogens is 359 g/mol. The number of carbonyl (C=O) groups excluding carboxylic acids is 2. The maximum absolute atomic E-state index is 13.1. The molecule has 0 N–H and O–H groups in total. The van der Waals surface area contributed by atoms with E-state index < -0.39 is 0 Å². The lowest BCUT2D eigenvalue weighted by Gasteiger charge is -2.31. The van der Waals surface area contributed by atoms with Gasteiger partial charge in [0.15, 0.2) is 0 Å². The number of fused-ring (bicyclic) bond motifs is 1. The van der Waals surface area contributed by atoms with Crippen LogP contribution < -0.4 is 0 Å². The molecule has 0 atom stereocenters. The molecule has 28 heavy (non-hydrogen) atoms. The number of likely N-dealkylation sites (tertiary alicyclic amines) is 1. The fraction of sp³-hybridized carbons (Fsp3) is 0.476. The fourth-order valence-electron chi connectivity index (χ4n) is 4.11. The Morgan fingerprint density at radius 1 is 1.14 bits per heavy atom. The smallest absolute Gasteiger partial charge is 0.272 e. The number of rotatable bonds is 3. The first-order valence-electron chi connectivity index (χ1n) is 9.98. The zero-order valence-electron chi connectivity index (χ0n) is 16.1. The summed E-state index contributed by atoms with van der Waals surface area (Å²) in [7, 11) is 0.